The van der Waals surface area contributed by atoms with Gasteiger partial charge in [0.15, 0.2) is 5.65 Å². The summed E-state index contributed by atoms with van der Waals surface area (Å²) in [4.78, 5) is 22.3. The van der Waals surface area contributed by atoms with Crippen molar-refractivity contribution in [1.82, 2.24) is 24.8 Å². The predicted octanol–water partition coefficient (Wildman–Crippen LogP) is 1.29. The van der Waals surface area contributed by atoms with Crippen molar-refractivity contribution in [2.24, 2.45) is 5.73 Å². The number of nitrogens with two attached hydrogens (primary N) is 1. The summed E-state index contributed by atoms with van der Waals surface area (Å²) >= 11 is 1.71. The Morgan fingerprint density at radius 3 is 2.97 bits per heavy atom. The average molecular weight is 416 g/mol. The van der Waals surface area contributed by atoms with Gasteiger partial charge in [-0.25, -0.2) is 9.50 Å². The summed E-state index contributed by atoms with van der Waals surface area (Å²) in [6, 6.07) is 2.33. The van der Waals surface area contributed by atoms with Crippen LogP contribution in [0.2, 0.25) is 0 Å². The van der Waals surface area contributed by atoms with Crippen LogP contribution in [-0.2, 0) is 4.79 Å². The lowest BCUT2D eigenvalue weighted by molar-refractivity contribution is -0.134. The number of aryl methyl sites for hydroxylation is 1. The molecule has 0 radical (unpaired) electrons. The van der Waals surface area contributed by atoms with Crippen LogP contribution < -0.4 is 16.0 Å². The highest BCUT2D eigenvalue weighted by Crippen LogP contribution is 2.33. The molecule has 5 heterocycles. The number of nitrogens with one attached hydrogen (secondary N) is 1. The standard InChI is InChI=1S/C20H29N7OS/c1-13-10-27-18(23-19(13)25-7-5-14(21)11-25)8-15(24-27)16-4-2-3-6-26(16)20(28)17-9-22-12-29-17/h8,10,14,16-17,22H,2-7,9,11-12,21H2,1H3. The molecule has 0 aromatic carbocycles. The molecule has 8 nitrogen and oxygen atoms in total. The Morgan fingerprint density at radius 2 is 2.21 bits per heavy atom. The van der Waals surface area contributed by atoms with E-state index < -0.39 is 0 Å². The summed E-state index contributed by atoms with van der Waals surface area (Å²) in [5, 5.41) is 8.14. The lowest BCUT2D eigenvalue weighted by Gasteiger charge is -2.36. The van der Waals surface area contributed by atoms with Gasteiger partial charge in [0.2, 0.25) is 5.91 Å². The van der Waals surface area contributed by atoms with Crippen molar-refractivity contribution in [2.45, 2.75) is 49.9 Å². The third kappa shape index (κ3) is 3.60. The fourth-order valence-corrected chi connectivity index (χ4v) is 5.69. The van der Waals surface area contributed by atoms with Crippen molar-refractivity contribution in [2.75, 3.05) is 37.0 Å². The molecular weight excluding hydrogens is 386 g/mol. The SMILES string of the molecule is Cc1cn2nc(C3CCCCN3C(=O)C3CNCS3)cc2nc1N1CCC(N)C1. The number of aromatic nitrogens is 3. The van der Waals surface area contributed by atoms with Gasteiger partial charge in [0.25, 0.3) is 0 Å². The van der Waals surface area contributed by atoms with Gasteiger partial charge in [0, 0.05) is 55.9 Å². The number of piperidine rings is 1. The van der Waals surface area contributed by atoms with Gasteiger partial charge in [-0.1, -0.05) is 0 Å². The first-order chi connectivity index (χ1) is 14.1. The number of thioether (sulfide) groups is 1. The van der Waals surface area contributed by atoms with E-state index in [0.717, 1.165) is 80.5 Å². The first kappa shape index (κ1) is 19.1. The molecule has 3 unspecified atom stereocenters. The maximum Gasteiger partial charge on any atom is 0.237 e. The number of fused-ring (bicyclic) bond motifs is 1. The predicted molar refractivity (Wildman–Crippen MR) is 115 cm³/mol. The minimum atomic E-state index is 0.0268. The van der Waals surface area contributed by atoms with Crippen LogP contribution in [0.15, 0.2) is 12.3 Å². The molecule has 156 valence electrons. The fraction of sp³-hybridized carbons (Fsp3) is 0.650. The van der Waals surface area contributed by atoms with Gasteiger partial charge >= 0.3 is 0 Å². The van der Waals surface area contributed by atoms with Crippen molar-refractivity contribution in [1.29, 1.82) is 0 Å². The molecule has 3 saturated heterocycles. The van der Waals surface area contributed by atoms with Crippen molar-refractivity contribution in [3.63, 3.8) is 0 Å². The topological polar surface area (TPSA) is 91.8 Å². The number of carbonyl (C=O) groups is 1. The summed E-state index contributed by atoms with van der Waals surface area (Å²) in [5.41, 5.74) is 8.99. The lowest BCUT2D eigenvalue weighted by atomic mass is 9.99. The molecule has 1 amide bonds. The quantitative estimate of drug-likeness (QED) is 0.780. The van der Waals surface area contributed by atoms with Crippen LogP contribution in [0.5, 0.6) is 0 Å². The Morgan fingerprint density at radius 1 is 1.31 bits per heavy atom. The summed E-state index contributed by atoms with van der Waals surface area (Å²) in [7, 11) is 0. The van der Waals surface area contributed by atoms with Crippen LogP contribution in [0.4, 0.5) is 5.82 Å². The minimum absolute atomic E-state index is 0.0268. The van der Waals surface area contributed by atoms with Crippen LogP contribution in [0.3, 0.4) is 0 Å². The number of anilines is 1. The van der Waals surface area contributed by atoms with Crippen LogP contribution in [0.25, 0.3) is 5.65 Å². The van der Waals surface area contributed by atoms with Crippen molar-refractivity contribution < 1.29 is 4.79 Å². The molecule has 2 aromatic rings. The molecule has 0 spiro atoms. The first-order valence-electron chi connectivity index (χ1n) is 10.6. The second-order valence-corrected chi connectivity index (χ2v) is 9.60. The van der Waals surface area contributed by atoms with E-state index in [9.17, 15) is 4.79 Å². The molecule has 9 heteroatoms. The van der Waals surface area contributed by atoms with E-state index >= 15 is 0 Å². The third-order valence-electron chi connectivity index (χ3n) is 6.27. The summed E-state index contributed by atoms with van der Waals surface area (Å²) in [5.74, 6) is 2.11. The van der Waals surface area contributed by atoms with Crippen LogP contribution in [0.1, 0.15) is 43.0 Å². The zero-order chi connectivity index (χ0) is 20.0. The van der Waals surface area contributed by atoms with Crippen LogP contribution >= 0.6 is 11.8 Å². The molecule has 29 heavy (non-hydrogen) atoms. The van der Waals surface area contributed by atoms with Crippen LogP contribution in [-0.4, -0.2) is 68.8 Å². The molecule has 3 N–H and O–H groups in total. The van der Waals surface area contributed by atoms with E-state index in [1.165, 1.54) is 0 Å². The van der Waals surface area contributed by atoms with E-state index in [0.29, 0.717) is 0 Å². The fourth-order valence-electron chi connectivity index (χ4n) is 4.74. The van der Waals surface area contributed by atoms with Gasteiger partial charge in [-0.05, 0) is 32.6 Å². The Hall–Kier alpha value is -1.84. The summed E-state index contributed by atoms with van der Waals surface area (Å²) in [6.07, 6.45) is 6.22. The molecule has 3 atom stereocenters. The number of carbonyl (C=O) groups excluding carboxylic acids is 1. The Kier molecular flexibility index (Phi) is 5.13. The molecule has 0 aliphatic carbocycles. The largest absolute Gasteiger partial charge is 0.355 e. The normalized spacial score (nSPS) is 27.9. The van der Waals surface area contributed by atoms with Crippen molar-refractivity contribution in [3.8, 4) is 0 Å². The van der Waals surface area contributed by atoms with Gasteiger partial charge in [0.1, 0.15) is 5.82 Å². The van der Waals surface area contributed by atoms with Gasteiger partial charge in [-0.3, -0.25) is 4.79 Å². The van der Waals surface area contributed by atoms with Crippen molar-refractivity contribution >= 4 is 29.1 Å². The van der Waals surface area contributed by atoms with E-state index in [4.69, 9.17) is 15.8 Å². The molecule has 2 aromatic heterocycles. The Labute approximate surface area is 175 Å². The number of likely N-dealkylation sites (tertiary alicyclic amines) is 1. The van der Waals surface area contributed by atoms with Crippen molar-refractivity contribution in [3.05, 3.63) is 23.5 Å². The second-order valence-electron chi connectivity index (χ2n) is 8.41. The third-order valence-corrected chi connectivity index (χ3v) is 7.41. The van der Waals surface area contributed by atoms with E-state index in [2.05, 4.69) is 34.3 Å². The van der Waals surface area contributed by atoms with E-state index in [1.54, 1.807) is 11.8 Å². The Bertz CT molecular complexity index is 910. The highest BCUT2D eigenvalue weighted by Gasteiger charge is 2.35. The molecule has 0 saturated carbocycles. The highest BCUT2D eigenvalue weighted by molar-refractivity contribution is 8.00. The van der Waals surface area contributed by atoms with Crippen LogP contribution in [0, 0.1) is 6.92 Å². The number of amides is 1. The highest BCUT2D eigenvalue weighted by atomic mass is 32.2. The summed E-state index contributed by atoms with van der Waals surface area (Å²) in [6.45, 7) is 5.46. The molecule has 3 aliphatic heterocycles. The number of rotatable bonds is 3. The monoisotopic (exact) mass is 415 g/mol. The molecule has 3 fully saturated rings. The van der Waals surface area contributed by atoms with E-state index in [-0.39, 0.29) is 23.2 Å². The number of nitrogens with zero attached hydrogens (tertiary/aromatic N) is 5. The van der Waals surface area contributed by atoms with Gasteiger partial charge < -0.3 is 20.9 Å². The van der Waals surface area contributed by atoms with E-state index in [1.807, 2.05) is 4.52 Å². The maximum absolute atomic E-state index is 13.1. The second kappa shape index (κ2) is 7.77. The first-order valence-corrected chi connectivity index (χ1v) is 11.7. The smallest absolute Gasteiger partial charge is 0.237 e. The van der Waals surface area contributed by atoms with Gasteiger partial charge in [-0.15, -0.1) is 11.8 Å². The minimum Gasteiger partial charge on any atom is -0.355 e. The average Bonchev–Trinajstić information content (AvgIpc) is 3.47. The Balaban J connectivity index is 1.44. The number of hydrogen-bond donors (Lipinski definition) is 2. The zero-order valence-corrected chi connectivity index (χ0v) is 17.7. The molecule has 0 bridgehead atoms. The molecule has 5 rings (SSSR count). The molecule has 3 aliphatic rings. The lowest BCUT2D eigenvalue weighted by Crippen LogP contribution is -2.44. The molecular formula is C20H29N7OS. The number of hydrogen-bond acceptors (Lipinski definition) is 7. The summed E-state index contributed by atoms with van der Waals surface area (Å²) < 4.78 is 1.87. The van der Waals surface area contributed by atoms with Gasteiger partial charge in [0.05, 0.1) is 17.0 Å². The zero-order valence-electron chi connectivity index (χ0n) is 16.9. The maximum atomic E-state index is 13.1. The van der Waals surface area contributed by atoms with Gasteiger partial charge in [-0.2, -0.15) is 5.10 Å².